The topological polar surface area (TPSA) is 105 Å². The molecule has 1 fully saturated rings. The van der Waals surface area contributed by atoms with Crippen molar-refractivity contribution in [2.45, 2.75) is 55.4 Å². The lowest BCUT2D eigenvalue weighted by molar-refractivity contribution is -0.183. The minimum absolute atomic E-state index is 0.0510. The molecule has 5 atom stereocenters. The summed E-state index contributed by atoms with van der Waals surface area (Å²) < 4.78 is 20.3. The first-order chi connectivity index (χ1) is 11.1. The van der Waals surface area contributed by atoms with Gasteiger partial charge in [-0.05, 0) is 0 Å². The Hall–Kier alpha value is -1.29. The van der Waals surface area contributed by atoms with Crippen molar-refractivity contribution < 1.29 is 38.1 Å². The Kier molecular flexibility index (Phi) is 8.01. The molecule has 0 radical (unpaired) electrons. The van der Waals surface area contributed by atoms with Crippen molar-refractivity contribution in [3.63, 3.8) is 0 Å². The van der Waals surface area contributed by atoms with Crippen LogP contribution in [0.1, 0.15) is 27.7 Å². The maximum atomic E-state index is 11.4. The fourth-order valence-corrected chi connectivity index (χ4v) is 4.63. The Labute approximate surface area is 152 Å². The third-order valence-electron chi connectivity index (χ3n) is 2.93. The second-order valence-electron chi connectivity index (χ2n) is 5.05. The van der Waals surface area contributed by atoms with Crippen molar-refractivity contribution in [1.29, 1.82) is 0 Å². The smallest absolute Gasteiger partial charge is 0.303 e. The van der Waals surface area contributed by atoms with Crippen molar-refractivity contribution in [3.8, 4) is 0 Å². The van der Waals surface area contributed by atoms with Crippen molar-refractivity contribution in [1.82, 2.24) is 0 Å². The van der Waals surface area contributed by atoms with Gasteiger partial charge in [0.25, 0.3) is 0 Å². The quantitative estimate of drug-likeness (QED) is 0.363. The molecule has 10 heteroatoms. The van der Waals surface area contributed by atoms with Crippen LogP contribution in [0.5, 0.6) is 0 Å². The van der Waals surface area contributed by atoms with Crippen molar-refractivity contribution in [3.05, 3.63) is 0 Å². The highest BCUT2D eigenvalue weighted by atomic mass is 79.9. The van der Waals surface area contributed by atoms with E-state index in [9.17, 15) is 19.2 Å². The molecular formula is C14H19BrO8S. The normalized spacial score (nSPS) is 29.3. The van der Waals surface area contributed by atoms with Crippen molar-refractivity contribution in [2.75, 3.05) is 6.61 Å². The summed E-state index contributed by atoms with van der Waals surface area (Å²) >= 11 is 4.62. The average Bonchev–Trinajstić information content (AvgIpc) is 2.42. The van der Waals surface area contributed by atoms with E-state index >= 15 is 0 Å². The van der Waals surface area contributed by atoms with Crippen LogP contribution < -0.4 is 0 Å². The summed E-state index contributed by atoms with van der Waals surface area (Å²) in [4.78, 5) is 45.3. The van der Waals surface area contributed by atoms with E-state index in [0.717, 1.165) is 0 Å². The third-order valence-corrected chi connectivity index (χ3v) is 5.38. The van der Waals surface area contributed by atoms with Gasteiger partial charge in [-0.3, -0.25) is 19.2 Å². The molecule has 0 saturated carbocycles. The summed E-state index contributed by atoms with van der Waals surface area (Å²) in [5.74, 6) is -2.27. The highest BCUT2D eigenvalue weighted by molar-refractivity contribution is 9.11. The SMILES string of the molecule is CC(=O)OC[C@H]1SC(Br)[C@@H](OC(C)=O)[C@@H](OC(C)=O)[C@@H]1OC(C)=O. The van der Waals surface area contributed by atoms with Gasteiger partial charge in [-0.1, -0.05) is 15.9 Å². The molecule has 1 rings (SSSR count). The van der Waals surface area contributed by atoms with E-state index in [4.69, 9.17) is 18.9 Å². The van der Waals surface area contributed by atoms with Gasteiger partial charge in [-0.2, -0.15) is 0 Å². The van der Waals surface area contributed by atoms with E-state index in [-0.39, 0.29) is 6.61 Å². The number of hydrogen-bond donors (Lipinski definition) is 0. The van der Waals surface area contributed by atoms with E-state index < -0.39 is 51.6 Å². The van der Waals surface area contributed by atoms with Crippen LogP contribution in [0.4, 0.5) is 0 Å². The van der Waals surface area contributed by atoms with Gasteiger partial charge in [0, 0.05) is 27.7 Å². The zero-order valence-corrected chi connectivity index (χ0v) is 16.0. The molecule has 0 aromatic heterocycles. The van der Waals surface area contributed by atoms with Gasteiger partial charge < -0.3 is 18.9 Å². The molecule has 0 amide bonds. The minimum atomic E-state index is -1.03. The summed E-state index contributed by atoms with van der Waals surface area (Å²) in [6.45, 7) is 4.83. The summed E-state index contributed by atoms with van der Waals surface area (Å²) in [5, 5.41) is -0.502. The van der Waals surface area contributed by atoms with Crippen LogP contribution in [0.3, 0.4) is 0 Å². The van der Waals surface area contributed by atoms with Crippen LogP contribution >= 0.6 is 27.7 Å². The minimum Gasteiger partial charge on any atom is -0.465 e. The summed E-state index contributed by atoms with van der Waals surface area (Å²) in [6, 6.07) is 0. The Bertz CT molecular complexity index is 511. The van der Waals surface area contributed by atoms with Gasteiger partial charge in [-0.15, -0.1) is 11.8 Å². The Morgan fingerprint density at radius 1 is 0.792 bits per heavy atom. The van der Waals surface area contributed by atoms with Crippen molar-refractivity contribution in [2.24, 2.45) is 0 Å². The summed E-state index contributed by atoms with van der Waals surface area (Å²) in [6.07, 6.45) is -2.83. The van der Waals surface area contributed by atoms with E-state index in [0.29, 0.717) is 0 Å². The molecule has 1 saturated heterocycles. The second kappa shape index (κ2) is 9.26. The van der Waals surface area contributed by atoms with Crippen molar-refractivity contribution >= 4 is 51.6 Å². The average molecular weight is 427 g/mol. The lowest BCUT2D eigenvalue weighted by atomic mass is 10.0. The first-order valence-electron chi connectivity index (χ1n) is 7.06. The predicted molar refractivity (Wildman–Crippen MR) is 87.4 cm³/mol. The number of halogens is 1. The summed E-state index contributed by atoms with van der Waals surface area (Å²) in [7, 11) is 0. The van der Waals surface area contributed by atoms with Crippen LogP contribution in [0.2, 0.25) is 0 Å². The van der Waals surface area contributed by atoms with Gasteiger partial charge in [0.2, 0.25) is 0 Å². The molecule has 0 N–H and O–H groups in total. The van der Waals surface area contributed by atoms with Crippen LogP contribution in [0.25, 0.3) is 0 Å². The molecule has 0 aromatic carbocycles. The third kappa shape index (κ3) is 6.31. The standard InChI is InChI=1S/C14H19BrO8S/c1-6(16)20-5-10-11(21-7(2)17)12(22-8(3)18)13(14(15)24-10)23-9(4)19/h10-14H,5H2,1-4H3/t10-,11-,12+,13+,14?/m1/s1. The Balaban J connectivity index is 3.11. The van der Waals surface area contributed by atoms with E-state index in [1.165, 1.54) is 39.5 Å². The second-order valence-corrected chi connectivity index (χ2v) is 8.03. The van der Waals surface area contributed by atoms with E-state index in [1.807, 2.05) is 0 Å². The molecule has 136 valence electrons. The number of rotatable bonds is 5. The van der Waals surface area contributed by atoms with Gasteiger partial charge in [0.15, 0.2) is 18.3 Å². The molecule has 24 heavy (non-hydrogen) atoms. The fraction of sp³-hybridized carbons (Fsp3) is 0.714. The number of carbonyl (C=O) groups is 4. The van der Waals surface area contributed by atoms with Gasteiger partial charge in [0.1, 0.15) is 10.8 Å². The van der Waals surface area contributed by atoms with Crippen LogP contribution in [0, 0.1) is 0 Å². The Morgan fingerprint density at radius 3 is 1.71 bits per heavy atom. The number of alkyl halides is 1. The van der Waals surface area contributed by atoms with E-state index in [2.05, 4.69) is 15.9 Å². The number of ether oxygens (including phenoxy) is 4. The molecule has 1 heterocycles. The zero-order chi connectivity index (χ0) is 18.4. The number of thioether (sulfide) groups is 1. The number of hydrogen-bond acceptors (Lipinski definition) is 9. The molecule has 1 aliphatic rings. The lowest BCUT2D eigenvalue weighted by Crippen LogP contribution is -2.57. The van der Waals surface area contributed by atoms with Crippen LogP contribution in [0.15, 0.2) is 0 Å². The maximum absolute atomic E-state index is 11.4. The lowest BCUT2D eigenvalue weighted by Gasteiger charge is -2.42. The molecule has 8 nitrogen and oxygen atoms in total. The monoisotopic (exact) mass is 426 g/mol. The van der Waals surface area contributed by atoms with E-state index in [1.54, 1.807) is 0 Å². The van der Waals surface area contributed by atoms with Crippen LogP contribution in [-0.4, -0.2) is 58.2 Å². The molecule has 1 unspecified atom stereocenters. The number of esters is 4. The van der Waals surface area contributed by atoms with Gasteiger partial charge in [-0.25, -0.2) is 0 Å². The van der Waals surface area contributed by atoms with Gasteiger partial charge >= 0.3 is 23.9 Å². The number of carbonyl (C=O) groups excluding carboxylic acids is 4. The first kappa shape index (κ1) is 20.8. The molecule has 0 spiro atoms. The fourth-order valence-electron chi connectivity index (χ4n) is 2.18. The molecule has 1 aliphatic heterocycles. The molecule has 0 bridgehead atoms. The Morgan fingerprint density at radius 2 is 1.25 bits per heavy atom. The largest absolute Gasteiger partial charge is 0.465 e. The highest BCUT2D eigenvalue weighted by Crippen LogP contribution is 2.40. The molecular weight excluding hydrogens is 408 g/mol. The zero-order valence-electron chi connectivity index (χ0n) is 13.6. The van der Waals surface area contributed by atoms with Crippen LogP contribution in [-0.2, 0) is 38.1 Å². The predicted octanol–water partition coefficient (Wildman–Crippen LogP) is 1.18. The molecule has 0 aromatic rings. The molecule has 0 aliphatic carbocycles. The highest BCUT2D eigenvalue weighted by Gasteiger charge is 2.50. The van der Waals surface area contributed by atoms with Gasteiger partial charge in [0.05, 0.1) is 5.25 Å². The maximum Gasteiger partial charge on any atom is 0.303 e. The first-order valence-corrected chi connectivity index (χ1v) is 8.92. The summed E-state index contributed by atoms with van der Waals surface area (Å²) in [5.41, 5.74) is 0.